The smallest absolute Gasteiger partial charge is 0.220 e. The molecule has 130 valence electrons. The summed E-state index contributed by atoms with van der Waals surface area (Å²) in [5.74, 6) is 2.53. The van der Waals surface area contributed by atoms with Gasteiger partial charge in [0.15, 0.2) is 0 Å². The second-order valence-electron chi connectivity index (χ2n) is 8.40. The molecule has 2 amide bonds. The summed E-state index contributed by atoms with van der Waals surface area (Å²) in [4.78, 5) is 26.1. The standard InChI is InChI=1S/C18H31N3O2/c1-21(2)6-5-19-16(22)3-4-17(23)20-18-10-13-7-14(11-18)9-15(8-13)12-18/h13-15H,3-12H2,1-2H3,(H,19,22)(H,20,23). The maximum Gasteiger partial charge on any atom is 0.220 e. The number of amides is 2. The first kappa shape index (κ1) is 16.7. The van der Waals surface area contributed by atoms with E-state index in [-0.39, 0.29) is 17.4 Å². The Bertz CT molecular complexity index is 426. The third-order valence-corrected chi connectivity index (χ3v) is 5.90. The number of nitrogens with one attached hydrogen (secondary N) is 2. The van der Waals surface area contributed by atoms with Gasteiger partial charge in [-0.3, -0.25) is 9.59 Å². The van der Waals surface area contributed by atoms with Crippen molar-refractivity contribution in [2.45, 2.75) is 56.9 Å². The molecule has 0 heterocycles. The Hall–Kier alpha value is -1.10. The van der Waals surface area contributed by atoms with Gasteiger partial charge in [-0.2, -0.15) is 0 Å². The van der Waals surface area contributed by atoms with Crippen LogP contribution in [0.25, 0.3) is 0 Å². The van der Waals surface area contributed by atoms with Crippen LogP contribution in [0.15, 0.2) is 0 Å². The minimum atomic E-state index is -0.0208. The lowest BCUT2D eigenvalue weighted by atomic mass is 9.53. The number of hydrogen-bond donors (Lipinski definition) is 2. The lowest BCUT2D eigenvalue weighted by Gasteiger charge is -2.56. The van der Waals surface area contributed by atoms with Gasteiger partial charge >= 0.3 is 0 Å². The zero-order valence-corrected chi connectivity index (χ0v) is 14.6. The SMILES string of the molecule is CN(C)CCNC(=O)CCC(=O)NC12CC3CC(CC(C3)C1)C2. The van der Waals surface area contributed by atoms with Crippen LogP contribution < -0.4 is 10.6 Å². The monoisotopic (exact) mass is 321 g/mol. The largest absolute Gasteiger partial charge is 0.355 e. The molecule has 0 radical (unpaired) electrons. The number of rotatable bonds is 7. The van der Waals surface area contributed by atoms with Crippen LogP contribution in [0.5, 0.6) is 0 Å². The van der Waals surface area contributed by atoms with Gasteiger partial charge in [-0.15, -0.1) is 0 Å². The molecule has 5 nitrogen and oxygen atoms in total. The van der Waals surface area contributed by atoms with Crippen LogP contribution >= 0.6 is 0 Å². The zero-order valence-electron chi connectivity index (χ0n) is 14.6. The van der Waals surface area contributed by atoms with Crippen molar-refractivity contribution in [1.29, 1.82) is 0 Å². The highest BCUT2D eigenvalue weighted by Gasteiger charge is 2.51. The van der Waals surface area contributed by atoms with E-state index in [2.05, 4.69) is 10.6 Å². The summed E-state index contributed by atoms with van der Waals surface area (Å²) in [7, 11) is 3.95. The van der Waals surface area contributed by atoms with Crippen molar-refractivity contribution in [1.82, 2.24) is 15.5 Å². The molecule has 4 aliphatic carbocycles. The van der Waals surface area contributed by atoms with Gasteiger partial charge in [0, 0.05) is 31.5 Å². The van der Waals surface area contributed by atoms with E-state index in [0.29, 0.717) is 19.4 Å². The molecule has 4 saturated carbocycles. The molecule has 4 fully saturated rings. The first-order valence-electron chi connectivity index (χ1n) is 9.16. The van der Waals surface area contributed by atoms with Crippen molar-refractivity contribution in [3.63, 3.8) is 0 Å². The minimum Gasteiger partial charge on any atom is -0.355 e. The first-order chi connectivity index (χ1) is 10.9. The van der Waals surface area contributed by atoms with Crippen LogP contribution in [0.4, 0.5) is 0 Å². The van der Waals surface area contributed by atoms with E-state index < -0.39 is 0 Å². The number of likely N-dealkylation sites (N-methyl/N-ethyl adjacent to an activating group) is 1. The fourth-order valence-corrected chi connectivity index (χ4v) is 5.36. The van der Waals surface area contributed by atoms with Gasteiger partial charge < -0.3 is 15.5 Å². The molecule has 0 aromatic carbocycles. The molecule has 0 aromatic rings. The molecule has 0 aliphatic heterocycles. The van der Waals surface area contributed by atoms with Crippen LogP contribution in [-0.4, -0.2) is 49.4 Å². The predicted octanol–water partition coefficient (Wildman–Crippen LogP) is 1.53. The molecule has 0 atom stereocenters. The van der Waals surface area contributed by atoms with E-state index in [4.69, 9.17) is 0 Å². The molecule has 2 N–H and O–H groups in total. The Morgan fingerprint density at radius 2 is 1.48 bits per heavy atom. The minimum absolute atomic E-state index is 0.0208. The Balaban J connectivity index is 1.40. The maximum atomic E-state index is 12.3. The molecule has 0 aromatic heterocycles. The Morgan fingerprint density at radius 1 is 0.957 bits per heavy atom. The number of carbonyl (C=O) groups excluding carboxylic acids is 2. The van der Waals surface area contributed by atoms with E-state index >= 15 is 0 Å². The van der Waals surface area contributed by atoms with Crippen molar-refractivity contribution in [2.24, 2.45) is 17.8 Å². The maximum absolute atomic E-state index is 12.3. The third-order valence-electron chi connectivity index (χ3n) is 5.90. The summed E-state index contributed by atoms with van der Waals surface area (Å²) in [5.41, 5.74) is 0.0627. The molecular formula is C18H31N3O2. The summed E-state index contributed by atoms with van der Waals surface area (Å²) < 4.78 is 0. The fourth-order valence-electron chi connectivity index (χ4n) is 5.36. The molecule has 4 rings (SSSR count). The van der Waals surface area contributed by atoms with Crippen LogP contribution in [-0.2, 0) is 9.59 Å². The average molecular weight is 321 g/mol. The molecule has 0 unspecified atom stereocenters. The summed E-state index contributed by atoms with van der Waals surface area (Å²) >= 11 is 0. The van der Waals surface area contributed by atoms with Gasteiger partial charge in [0.05, 0.1) is 0 Å². The molecule has 0 saturated heterocycles. The third kappa shape index (κ3) is 4.25. The topological polar surface area (TPSA) is 61.4 Å². The van der Waals surface area contributed by atoms with E-state index in [0.717, 1.165) is 24.3 Å². The second kappa shape index (κ2) is 6.80. The number of nitrogens with zero attached hydrogens (tertiary/aromatic N) is 1. The quantitative estimate of drug-likeness (QED) is 0.747. The van der Waals surface area contributed by atoms with Crippen molar-refractivity contribution < 1.29 is 9.59 Å². The van der Waals surface area contributed by atoms with Crippen molar-refractivity contribution in [2.75, 3.05) is 27.2 Å². The van der Waals surface area contributed by atoms with Crippen molar-refractivity contribution in [3.05, 3.63) is 0 Å². The van der Waals surface area contributed by atoms with Gasteiger partial charge in [-0.05, 0) is 70.4 Å². The van der Waals surface area contributed by atoms with Gasteiger partial charge in [0.2, 0.25) is 11.8 Å². The molecule has 4 bridgehead atoms. The van der Waals surface area contributed by atoms with Crippen LogP contribution in [0.3, 0.4) is 0 Å². The van der Waals surface area contributed by atoms with Crippen molar-refractivity contribution >= 4 is 11.8 Å². The summed E-state index contributed by atoms with van der Waals surface area (Å²) in [5, 5.41) is 6.20. The van der Waals surface area contributed by atoms with Gasteiger partial charge in [0.25, 0.3) is 0 Å². The molecule has 4 aliphatic rings. The van der Waals surface area contributed by atoms with E-state index in [1.165, 1.54) is 38.5 Å². The Kier molecular flexibility index (Phi) is 4.95. The van der Waals surface area contributed by atoms with Crippen LogP contribution in [0, 0.1) is 17.8 Å². The fraction of sp³-hybridized carbons (Fsp3) is 0.889. The number of carbonyl (C=O) groups is 2. The lowest BCUT2D eigenvalue weighted by Crippen LogP contribution is -2.59. The zero-order chi connectivity index (χ0) is 16.4. The highest BCUT2D eigenvalue weighted by atomic mass is 16.2. The summed E-state index contributed by atoms with van der Waals surface area (Å²) in [6.45, 7) is 1.47. The molecular weight excluding hydrogens is 290 g/mol. The summed E-state index contributed by atoms with van der Waals surface area (Å²) in [6.07, 6.45) is 8.25. The first-order valence-corrected chi connectivity index (χ1v) is 9.16. The van der Waals surface area contributed by atoms with Crippen molar-refractivity contribution in [3.8, 4) is 0 Å². The Morgan fingerprint density at radius 3 is 2.00 bits per heavy atom. The summed E-state index contributed by atoms with van der Waals surface area (Å²) in [6, 6.07) is 0. The average Bonchev–Trinajstić information content (AvgIpc) is 2.42. The van der Waals surface area contributed by atoms with E-state index in [1.807, 2.05) is 19.0 Å². The number of hydrogen-bond acceptors (Lipinski definition) is 3. The van der Waals surface area contributed by atoms with Crippen LogP contribution in [0.2, 0.25) is 0 Å². The molecule has 0 spiro atoms. The predicted molar refractivity (Wildman–Crippen MR) is 89.8 cm³/mol. The van der Waals surface area contributed by atoms with Crippen LogP contribution in [0.1, 0.15) is 51.4 Å². The highest BCUT2D eigenvalue weighted by Crippen LogP contribution is 2.55. The lowest BCUT2D eigenvalue weighted by molar-refractivity contribution is -0.130. The van der Waals surface area contributed by atoms with E-state index in [1.54, 1.807) is 0 Å². The van der Waals surface area contributed by atoms with Gasteiger partial charge in [-0.25, -0.2) is 0 Å². The normalized spacial score (nSPS) is 34.7. The molecule has 23 heavy (non-hydrogen) atoms. The van der Waals surface area contributed by atoms with E-state index in [9.17, 15) is 9.59 Å². The van der Waals surface area contributed by atoms with Gasteiger partial charge in [-0.1, -0.05) is 0 Å². The highest BCUT2D eigenvalue weighted by molar-refractivity contribution is 5.84. The second-order valence-corrected chi connectivity index (χ2v) is 8.40. The molecule has 5 heteroatoms. The Labute approximate surface area is 139 Å². The van der Waals surface area contributed by atoms with Gasteiger partial charge in [0.1, 0.15) is 0 Å².